The Balaban J connectivity index is 0. The Labute approximate surface area is 60.3 Å². The average Bonchev–Trinajstić information content (AvgIpc) is 1.36. The van der Waals surface area contributed by atoms with E-state index in [1.54, 1.807) is 0 Å². The molecule has 0 saturated carbocycles. The molecule has 1 heteroatoms. The molecule has 0 heterocycles. The first kappa shape index (κ1) is 10.6. The van der Waals surface area contributed by atoms with Crippen molar-refractivity contribution in [3.63, 3.8) is 0 Å². The fourth-order valence-corrected chi connectivity index (χ4v) is 0. The van der Waals surface area contributed by atoms with Gasteiger partial charge in [-0.15, -0.1) is 0 Å². The van der Waals surface area contributed by atoms with Crippen LogP contribution in [0.15, 0.2) is 0 Å². The van der Waals surface area contributed by atoms with Gasteiger partial charge < -0.3 is 5.92 Å². The van der Waals surface area contributed by atoms with Gasteiger partial charge >= 0.3 is 0 Å². The number of hydrogen-bond donors (Lipinski definition) is 0. The summed E-state index contributed by atoms with van der Waals surface area (Å²) in [5, 5.41) is 0. The zero-order chi connectivity index (χ0) is 5.15. The molecule has 0 saturated heterocycles. The third kappa shape index (κ3) is 6.66. The topological polar surface area (TPSA) is 0 Å². The first-order valence-corrected chi connectivity index (χ1v) is 2.44. The van der Waals surface area contributed by atoms with Gasteiger partial charge in [0.05, 0.1) is 0 Å². The maximum atomic E-state index is 2.20. The van der Waals surface area contributed by atoms with Gasteiger partial charge in [-0.25, -0.2) is 0 Å². The third-order valence-corrected chi connectivity index (χ3v) is 1.15. The van der Waals surface area contributed by atoms with Crippen molar-refractivity contribution in [3.8, 4) is 0 Å². The molecule has 0 atom stereocenters. The summed E-state index contributed by atoms with van der Waals surface area (Å²) in [5.74, 6) is 2.28. The van der Waals surface area contributed by atoms with Crippen molar-refractivity contribution in [2.24, 2.45) is 5.92 Å². The van der Waals surface area contributed by atoms with E-state index in [1.165, 1.54) is 5.92 Å². The molecule has 0 amide bonds. The predicted octanol–water partition coefficient (Wildman–Crippen LogP) is 2.25. The SMILES string of the molecule is C[C-](C)C(C)C.[Re]. The molecular weight excluding hydrogens is 258 g/mol. The van der Waals surface area contributed by atoms with Crippen LogP contribution in [0, 0.1) is 11.8 Å². The Kier molecular flexibility index (Phi) is 7.29. The summed E-state index contributed by atoms with van der Waals surface area (Å²) >= 11 is 0. The van der Waals surface area contributed by atoms with Crippen LogP contribution in [0.5, 0.6) is 0 Å². The summed E-state index contributed by atoms with van der Waals surface area (Å²) in [6.45, 7) is 8.72. The summed E-state index contributed by atoms with van der Waals surface area (Å²) in [6, 6.07) is 0. The van der Waals surface area contributed by atoms with Crippen molar-refractivity contribution in [3.05, 3.63) is 5.92 Å². The molecule has 0 aliphatic heterocycles. The van der Waals surface area contributed by atoms with Gasteiger partial charge in [0.25, 0.3) is 0 Å². The van der Waals surface area contributed by atoms with Crippen LogP contribution in [0.4, 0.5) is 0 Å². The second kappa shape index (κ2) is 4.81. The fourth-order valence-electron chi connectivity index (χ4n) is 0. The zero-order valence-electron chi connectivity index (χ0n) is 5.46. The van der Waals surface area contributed by atoms with Gasteiger partial charge in [-0.3, -0.25) is 0 Å². The smallest absolute Gasteiger partial charge is 0 e. The van der Waals surface area contributed by atoms with Crippen molar-refractivity contribution in [2.75, 3.05) is 0 Å². The zero-order valence-corrected chi connectivity index (χ0v) is 8.17. The molecule has 0 rings (SSSR count). The normalized spacial score (nSPS) is 9.43. The van der Waals surface area contributed by atoms with Crippen molar-refractivity contribution in [1.82, 2.24) is 0 Å². The van der Waals surface area contributed by atoms with Gasteiger partial charge in [-0.1, -0.05) is 13.8 Å². The molecule has 7 heavy (non-hydrogen) atoms. The van der Waals surface area contributed by atoms with E-state index < -0.39 is 0 Å². The van der Waals surface area contributed by atoms with E-state index in [0.29, 0.717) is 0 Å². The molecule has 0 N–H and O–H groups in total. The van der Waals surface area contributed by atoms with E-state index in [1.807, 2.05) is 0 Å². The summed E-state index contributed by atoms with van der Waals surface area (Å²) in [7, 11) is 0. The minimum absolute atomic E-state index is 0. The van der Waals surface area contributed by atoms with E-state index in [0.717, 1.165) is 5.92 Å². The molecule has 0 unspecified atom stereocenters. The Hall–Kier alpha value is 0.662. The first-order valence-electron chi connectivity index (χ1n) is 2.44. The Morgan fingerprint density at radius 3 is 1.29 bits per heavy atom. The molecule has 1 radical (unpaired) electrons. The van der Waals surface area contributed by atoms with E-state index in [4.69, 9.17) is 0 Å². The van der Waals surface area contributed by atoms with Crippen LogP contribution in [-0.4, -0.2) is 0 Å². The molecule has 0 aliphatic carbocycles. The maximum Gasteiger partial charge on any atom is 0 e. The van der Waals surface area contributed by atoms with E-state index in [2.05, 4.69) is 27.7 Å². The standard InChI is InChI=1S/C6H13.Re/c1-5(2)6(3)4;/h5H,1-4H3;/q-1;. The molecule has 45 valence electrons. The minimum atomic E-state index is 0. The van der Waals surface area contributed by atoms with Gasteiger partial charge in [-0.2, -0.15) is 19.8 Å². The van der Waals surface area contributed by atoms with Crippen LogP contribution >= 0.6 is 0 Å². The van der Waals surface area contributed by atoms with E-state index >= 15 is 0 Å². The van der Waals surface area contributed by atoms with Crippen LogP contribution < -0.4 is 0 Å². The molecule has 0 aromatic carbocycles. The third-order valence-electron chi connectivity index (χ3n) is 1.15. The van der Waals surface area contributed by atoms with Crippen molar-refractivity contribution in [1.29, 1.82) is 0 Å². The Bertz CT molecular complexity index is 25.2. The van der Waals surface area contributed by atoms with Gasteiger partial charge in [0.1, 0.15) is 0 Å². The summed E-state index contributed by atoms with van der Waals surface area (Å²) < 4.78 is 0. The largest absolute Gasteiger partial charge is 0.317 e. The number of rotatable bonds is 1. The quantitative estimate of drug-likeness (QED) is 0.642. The van der Waals surface area contributed by atoms with Crippen molar-refractivity contribution < 1.29 is 20.4 Å². The Morgan fingerprint density at radius 1 is 1.14 bits per heavy atom. The molecular formula is C6H13Re-. The summed E-state index contributed by atoms with van der Waals surface area (Å²) in [4.78, 5) is 0. The Morgan fingerprint density at radius 2 is 1.29 bits per heavy atom. The fraction of sp³-hybridized carbons (Fsp3) is 0.833. The van der Waals surface area contributed by atoms with Gasteiger partial charge in [-0.05, 0) is 0 Å². The predicted molar refractivity (Wildman–Crippen MR) is 29.4 cm³/mol. The molecule has 0 aromatic heterocycles. The molecule has 0 spiro atoms. The minimum Gasteiger partial charge on any atom is -0.317 e. The van der Waals surface area contributed by atoms with Crippen LogP contribution in [0.2, 0.25) is 0 Å². The molecule has 0 bridgehead atoms. The molecule has 0 nitrogen and oxygen atoms in total. The molecule has 0 aliphatic rings. The van der Waals surface area contributed by atoms with Crippen LogP contribution in [0.1, 0.15) is 27.7 Å². The number of hydrogen-bond acceptors (Lipinski definition) is 0. The van der Waals surface area contributed by atoms with Crippen LogP contribution in [0.25, 0.3) is 0 Å². The molecule has 0 aromatic rings. The second-order valence-electron chi connectivity index (χ2n) is 2.23. The maximum absolute atomic E-state index is 2.20. The van der Waals surface area contributed by atoms with Gasteiger partial charge in [0.2, 0.25) is 0 Å². The monoisotopic (exact) mass is 272 g/mol. The van der Waals surface area contributed by atoms with Crippen LogP contribution in [-0.2, 0) is 20.4 Å². The van der Waals surface area contributed by atoms with Crippen molar-refractivity contribution in [2.45, 2.75) is 27.7 Å². The van der Waals surface area contributed by atoms with Gasteiger partial charge in [0, 0.05) is 20.4 Å². The van der Waals surface area contributed by atoms with Crippen molar-refractivity contribution >= 4 is 0 Å². The first-order chi connectivity index (χ1) is 2.64. The summed E-state index contributed by atoms with van der Waals surface area (Å²) in [5.41, 5.74) is 0. The summed E-state index contributed by atoms with van der Waals surface area (Å²) in [6.07, 6.45) is 0. The van der Waals surface area contributed by atoms with Crippen LogP contribution in [0.3, 0.4) is 0 Å². The van der Waals surface area contributed by atoms with Gasteiger partial charge in [0.15, 0.2) is 0 Å². The second-order valence-corrected chi connectivity index (χ2v) is 2.23. The van der Waals surface area contributed by atoms with E-state index in [-0.39, 0.29) is 20.4 Å². The van der Waals surface area contributed by atoms with E-state index in [9.17, 15) is 0 Å². The average molecular weight is 271 g/mol. The molecule has 0 fully saturated rings.